The van der Waals surface area contributed by atoms with Gasteiger partial charge in [-0.2, -0.15) is 0 Å². The van der Waals surface area contributed by atoms with Gasteiger partial charge in [0.15, 0.2) is 0 Å². The summed E-state index contributed by atoms with van der Waals surface area (Å²) in [6, 6.07) is 0. The zero-order valence-corrected chi connectivity index (χ0v) is 3.59. The van der Waals surface area contributed by atoms with Gasteiger partial charge in [0.1, 0.15) is 0 Å². The summed E-state index contributed by atoms with van der Waals surface area (Å²) in [5, 5.41) is 0. The van der Waals surface area contributed by atoms with Crippen LogP contribution in [0, 0.1) is 0 Å². The van der Waals surface area contributed by atoms with E-state index in [0.29, 0.717) is 0 Å². The quantitative estimate of drug-likeness (QED) is 0.270. The second kappa shape index (κ2) is 13.6. The van der Waals surface area contributed by atoms with Gasteiger partial charge >= 0.3 is 97.9 Å². The minimum absolute atomic E-state index is 0. The van der Waals surface area contributed by atoms with Crippen LogP contribution in [0.15, 0.2) is 0 Å². The Labute approximate surface area is 121 Å². The molecule has 0 fully saturated rings. The van der Waals surface area contributed by atoms with E-state index in [4.69, 9.17) is 19.2 Å². The molecule has 0 rings (SSSR count). The van der Waals surface area contributed by atoms with Crippen LogP contribution >= 0.6 is 7.82 Å². The van der Waals surface area contributed by atoms with Gasteiger partial charge in [0, 0.05) is 0 Å². The van der Waals surface area contributed by atoms with Crippen molar-refractivity contribution in [3.63, 3.8) is 0 Å². The number of phosphoric acid groups is 1. The van der Waals surface area contributed by atoms with Crippen molar-refractivity contribution in [1.29, 1.82) is 0 Å². The van der Waals surface area contributed by atoms with E-state index < -0.39 is 7.82 Å². The summed E-state index contributed by atoms with van der Waals surface area (Å²) in [6.07, 6.45) is 0. The molecule has 0 unspecified atom stereocenters. The van der Waals surface area contributed by atoms with Crippen LogP contribution in [-0.4, -0.2) is 109 Å². The SMILES string of the molecule is O.O=P(O)(O)O.[H+].[NaH].[NaH].[NaH]. The molecule has 0 spiro atoms. The van der Waals surface area contributed by atoms with Gasteiger partial charge in [-0.3, -0.25) is 0 Å². The maximum atomic E-state index is 8.88. The molecule has 5 nitrogen and oxygen atoms in total. The molecule has 0 radical (unpaired) electrons. The predicted molar refractivity (Wildman–Crippen MR) is 40.4 cm³/mol. The Kier molecular flexibility index (Phi) is 44.9. The maximum absolute atomic E-state index is 8.88. The Hall–Kier alpha value is 3.07. The molecular weight excluding hydrogens is 180 g/mol. The first kappa shape index (κ1) is 29.6. The Morgan fingerprint density at radius 3 is 1.00 bits per heavy atom. The second-order valence-corrected chi connectivity index (χ2v) is 1.54. The average molecular weight is 189 g/mol. The van der Waals surface area contributed by atoms with Gasteiger partial charge in [-0.15, -0.1) is 0 Å². The zero-order valence-electron chi connectivity index (χ0n) is 3.70. The fraction of sp³-hybridized carbons (Fsp3) is 0. The van der Waals surface area contributed by atoms with E-state index in [9.17, 15) is 0 Å². The monoisotopic (exact) mass is 189 g/mol. The minimum atomic E-state index is -4.64. The summed E-state index contributed by atoms with van der Waals surface area (Å²) in [4.78, 5) is 21.6. The Morgan fingerprint density at radius 1 is 1.00 bits per heavy atom. The number of rotatable bonds is 0. The molecule has 0 heterocycles. The predicted octanol–water partition coefficient (Wildman–Crippen LogP) is -3.59. The van der Waals surface area contributed by atoms with Gasteiger partial charge in [-0.1, -0.05) is 0 Å². The summed E-state index contributed by atoms with van der Waals surface area (Å²) >= 11 is 0. The van der Waals surface area contributed by atoms with Gasteiger partial charge in [0.05, 0.1) is 0 Å². The van der Waals surface area contributed by atoms with E-state index in [1.807, 2.05) is 0 Å². The van der Waals surface area contributed by atoms with Gasteiger partial charge in [-0.05, 0) is 0 Å². The molecule has 0 aromatic heterocycles. The second-order valence-electron chi connectivity index (χ2n) is 0.513. The van der Waals surface area contributed by atoms with E-state index in [0.717, 1.165) is 0 Å². The van der Waals surface area contributed by atoms with Crippen LogP contribution in [-0.2, 0) is 4.57 Å². The summed E-state index contributed by atoms with van der Waals surface area (Å²) < 4.78 is 8.88. The van der Waals surface area contributed by atoms with Crippen LogP contribution in [0.3, 0.4) is 0 Å². The van der Waals surface area contributed by atoms with E-state index in [1.54, 1.807) is 0 Å². The molecule has 0 aromatic rings. The fourth-order valence-corrected chi connectivity index (χ4v) is 0. The van der Waals surface area contributed by atoms with Crippen molar-refractivity contribution in [2.45, 2.75) is 0 Å². The zero-order chi connectivity index (χ0) is 4.50. The third-order valence-corrected chi connectivity index (χ3v) is 0. The molecule has 5 N–H and O–H groups in total. The van der Waals surface area contributed by atoms with Crippen molar-refractivity contribution in [2.24, 2.45) is 0 Å². The molecule has 0 aliphatic carbocycles. The molecule has 0 saturated heterocycles. The molecule has 0 amide bonds. The van der Waals surface area contributed by atoms with Crippen LogP contribution in [0.2, 0.25) is 0 Å². The van der Waals surface area contributed by atoms with Crippen LogP contribution in [0.4, 0.5) is 0 Å². The van der Waals surface area contributed by atoms with Crippen molar-refractivity contribution in [1.82, 2.24) is 0 Å². The third kappa shape index (κ3) is 96.6. The van der Waals surface area contributed by atoms with Crippen molar-refractivity contribution in [3.8, 4) is 0 Å². The van der Waals surface area contributed by atoms with Crippen LogP contribution in [0.25, 0.3) is 0 Å². The van der Waals surface area contributed by atoms with Crippen LogP contribution < -0.4 is 0 Å². The van der Waals surface area contributed by atoms with E-state index in [1.165, 1.54) is 0 Å². The van der Waals surface area contributed by atoms with Crippen molar-refractivity contribution < 1.29 is 26.1 Å². The number of hydrogen-bond acceptors (Lipinski definition) is 1. The Balaban J connectivity index is -0.00000000800. The molecule has 0 saturated carbocycles. The normalized spacial score (nSPS) is 6.56. The van der Waals surface area contributed by atoms with Gasteiger partial charge in [0.2, 0.25) is 0 Å². The molecule has 0 aliphatic heterocycles. The number of hydrogen-bond donors (Lipinski definition) is 3. The first-order valence-electron chi connectivity index (χ1n) is 0.783. The molecular formula is H9Na3O5P+. The summed E-state index contributed by atoms with van der Waals surface area (Å²) in [7, 11) is -4.64. The van der Waals surface area contributed by atoms with Crippen molar-refractivity contribution in [2.75, 3.05) is 0 Å². The van der Waals surface area contributed by atoms with E-state index in [-0.39, 0.29) is 95.6 Å². The summed E-state index contributed by atoms with van der Waals surface area (Å²) in [5.41, 5.74) is 0. The molecule has 46 valence electrons. The van der Waals surface area contributed by atoms with Crippen LogP contribution in [0.5, 0.6) is 0 Å². The summed E-state index contributed by atoms with van der Waals surface area (Å²) in [6.45, 7) is 0. The third-order valence-electron chi connectivity index (χ3n) is 0. The standard InChI is InChI=1S/3Na.H3O4P.H2O.3H/c;;;1-5(2,3)4;;;;/h;;;(H3,1,2,3,4);1H2;;;/p+1. The topological polar surface area (TPSA) is 109 Å². The van der Waals surface area contributed by atoms with E-state index >= 15 is 0 Å². The molecule has 0 aromatic carbocycles. The van der Waals surface area contributed by atoms with E-state index in [2.05, 4.69) is 0 Å². The van der Waals surface area contributed by atoms with Gasteiger partial charge < -0.3 is 20.2 Å². The Bertz CT molecular complexity index is 63.0. The molecule has 0 bridgehead atoms. The molecule has 0 atom stereocenters. The van der Waals surface area contributed by atoms with Crippen LogP contribution in [0.1, 0.15) is 1.43 Å². The van der Waals surface area contributed by atoms with Gasteiger partial charge in [-0.25, -0.2) is 4.57 Å². The fourth-order valence-electron chi connectivity index (χ4n) is 0. The molecule has 9 heavy (non-hydrogen) atoms. The first-order valence-corrected chi connectivity index (χ1v) is 2.35. The summed E-state index contributed by atoms with van der Waals surface area (Å²) in [5.74, 6) is 0. The Morgan fingerprint density at radius 2 is 1.00 bits per heavy atom. The average Bonchev–Trinajstić information content (AvgIpc) is 0.722. The molecule has 0 aliphatic rings. The van der Waals surface area contributed by atoms with Crippen molar-refractivity contribution >= 4 is 96.5 Å². The van der Waals surface area contributed by atoms with Crippen molar-refractivity contribution in [3.05, 3.63) is 0 Å². The van der Waals surface area contributed by atoms with Gasteiger partial charge in [0.25, 0.3) is 0 Å². The molecule has 9 heteroatoms. The first-order chi connectivity index (χ1) is 2.00.